The smallest absolute Gasteiger partial charge is 0.153 e. The molecule has 4 heteroatoms. The number of rotatable bonds is 1. The molecule has 0 aliphatic carbocycles. The third-order valence-corrected chi connectivity index (χ3v) is 2.87. The molecule has 2 rings (SSSR count). The summed E-state index contributed by atoms with van der Waals surface area (Å²) in [6.45, 7) is 5.56. The van der Waals surface area contributed by atoms with Crippen molar-refractivity contribution < 1.29 is 4.39 Å². The molecule has 0 saturated carbocycles. The summed E-state index contributed by atoms with van der Waals surface area (Å²) in [5.41, 5.74) is 3.67. The van der Waals surface area contributed by atoms with Crippen LogP contribution in [0.2, 0.25) is 0 Å². The molecule has 2 aromatic rings. The molecular weight excluding hydrogens is 229 g/mol. The molecule has 0 fully saturated rings. The lowest BCUT2D eigenvalue weighted by Crippen LogP contribution is -2.22. The fraction of sp³-hybridized carbons (Fsp3) is 0.286. The van der Waals surface area contributed by atoms with Crippen LogP contribution in [-0.4, -0.2) is 16.6 Å². The fourth-order valence-electron chi connectivity index (χ4n) is 2.03. The van der Waals surface area contributed by atoms with E-state index in [0.29, 0.717) is 5.56 Å². The molecule has 0 N–H and O–H groups in total. The second-order valence-corrected chi connectivity index (χ2v) is 4.19. The van der Waals surface area contributed by atoms with E-state index in [2.05, 4.69) is 9.98 Å². The van der Waals surface area contributed by atoms with Gasteiger partial charge in [-0.1, -0.05) is 6.08 Å². The molecule has 1 heterocycles. The number of allylic oxidation sites excluding steroid dienone is 1. The van der Waals surface area contributed by atoms with Gasteiger partial charge in [-0.25, -0.2) is 9.37 Å². The molecule has 0 bridgehead atoms. The summed E-state index contributed by atoms with van der Waals surface area (Å²) >= 11 is 0. The summed E-state index contributed by atoms with van der Waals surface area (Å²) in [5, 5.41) is 0. The average molecular weight is 245 g/mol. The number of halogens is 1. The van der Waals surface area contributed by atoms with Crippen LogP contribution in [0.25, 0.3) is 17.2 Å². The molecule has 0 saturated heterocycles. The van der Waals surface area contributed by atoms with Crippen LogP contribution in [0.15, 0.2) is 23.2 Å². The van der Waals surface area contributed by atoms with E-state index in [1.54, 1.807) is 20.0 Å². The van der Waals surface area contributed by atoms with Crippen LogP contribution < -0.4 is 5.49 Å². The molecule has 0 radical (unpaired) electrons. The van der Waals surface area contributed by atoms with Gasteiger partial charge < -0.3 is 0 Å². The molecule has 0 aliphatic rings. The quantitative estimate of drug-likeness (QED) is 0.759. The molecule has 94 valence electrons. The van der Waals surface area contributed by atoms with Crippen molar-refractivity contribution in [1.82, 2.24) is 9.55 Å². The first-order valence-corrected chi connectivity index (χ1v) is 5.83. The van der Waals surface area contributed by atoms with Gasteiger partial charge in [0.15, 0.2) is 5.49 Å². The zero-order valence-electron chi connectivity index (χ0n) is 11.0. The molecule has 0 atom stereocenters. The number of aromatic nitrogens is 2. The van der Waals surface area contributed by atoms with Gasteiger partial charge in [0.1, 0.15) is 5.82 Å². The fourth-order valence-corrected chi connectivity index (χ4v) is 2.03. The predicted octanol–water partition coefficient (Wildman–Crippen LogP) is 2.81. The van der Waals surface area contributed by atoms with Gasteiger partial charge in [-0.05, 0) is 32.4 Å². The van der Waals surface area contributed by atoms with Crippen molar-refractivity contribution in [3.8, 4) is 0 Å². The Morgan fingerprint density at radius 3 is 2.67 bits per heavy atom. The Morgan fingerprint density at radius 2 is 2.06 bits per heavy atom. The number of nitrogens with zero attached hydrogens (tertiary/aromatic N) is 3. The summed E-state index contributed by atoms with van der Waals surface area (Å²) < 4.78 is 15.6. The van der Waals surface area contributed by atoms with Crippen LogP contribution in [-0.2, 0) is 0 Å². The Balaban J connectivity index is 3.02. The molecule has 0 aliphatic heterocycles. The van der Waals surface area contributed by atoms with Gasteiger partial charge in [0.2, 0.25) is 0 Å². The number of hydrogen-bond donors (Lipinski definition) is 0. The zero-order valence-corrected chi connectivity index (χ0v) is 11.0. The van der Waals surface area contributed by atoms with Crippen LogP contribution in [0.3, 0.4) is 0 Å². The van der Waals surface area contributed by atoms with Gasteiger partial charge in [-0.15, -0.1) is 0 Å². The van der Waals surface area contributed by atoms with Crippen LogP contribution >= 0.6 is 0 Å². The lowest BCUT2D eigenvalue weighted by Gasteiger charge is -2.10. The van der Waals surface area contributed by atoms with Crippen LogP contribution in [0.4, 0.5) is 4.39 Å². The normalized spacial score (nSPS) is 12.8. The maximum atomic E-state index is 13.7. The Labute approximate surface area is 105 Å². The largest absolute Gasteiger partial charge is 0.299 e. The van der Waals surface area contributed by atoms with Crippen molar-refractivity contribution in [2.75, 3.05) is 7.05 Å². The summed E-state index contributed by atoms with van der Waals surface area (Å²) in [7, 11) is 1.71. The van der Waals surface area contributed by atoms with Gasteiger partial charge in [0.05, 0.1) is 16.7 Å². The van der Waals surface area contributed by atoms with Crippen molar-refractivity contribution in [3.05, 3.63) is 40.8 Å². The molecule has 3 nitrogen and oxygen atoms in total. The molecular formula is C14H16FN3. The monoisotopic (exact) mass is 245 g/mol. The van der Waals surface area contributed by atoms with E-state index in [-0.39, 0.29) is 5.82 Å². The molecule has 1 aromatic carbocycles. The van der Waals surface area contributed by atoms with Gasteiger partial charge in [-0.2, -0.15) is 0 Å². The number of hydrogen-bond acceptors (Lipinski definition) is 2. The van der Waals surface area contributed by atoms with Crippen LogP contribution in [0, 0.1) is 19.7 Å². The first-order valence-electron chi connectivity index (χ1n) is 5.83. The highest BCUT2D eigenvalue weighted by Crippen LogP contribution is 2.16. The molecule has 1 aromatic heterocycles. The van der Waals surface area contributed by atoms with Crippen LogP contribution in [0.5, 0.6) is 0 Å². The molecule has 0 unspecified atom stereocenters. The second-order valence-electron chi connectivity index (χ2n) is 4.19. The Kier molecular flexibility index (Phi) is 3.28. The van der Waals surface area contributed by atoms with Crippen molar-refractivity contribution in [1.29, 1.82) is 0 Å². The van der Waals surface area contributed by atoms with E-state index in [4.69, 9.17) is 0 Å². The minimum Gasteiger partial charge on any atom is -0.299 e. The third kappa shape index (κ3) is 1.94. The summed E-state index contributed by atoms with van der Waals surface area (Å²) in [5.74, 6) is -0.228. The van der Waals surface area contributed by atoms with E-state index in [1.165, 1.54) is 6.07 Å². The first-order chi connectivity index (χ1) is 8.58. The average Bonchev–Trinajstić information content (AvgIpc) is 2.32. The summed E-state index contributed by atoms with van der Waals surface area (Å²) in [6, 6.07) is 3.27. The standard InChI is InChI=1S/C14H16FN3/c1-5-6-18-13-8-11(15)9(2)7-12(13)17-10(3)14(18)16-4/h5-8H,1-4H3/b6-5-,16-14?. The predicted molar refractivity (Wildman–Crippen MR) is 71.7 cm³/mol. The summed E-state index contributed by atoms with van der Waals surface area (Å²) in [6.07, 6.45) is 3.76. The lowest BCUT2D eigenvalue weighted by atomic mass is 10.2. The minimum absolute atomic E-state index is 0.228. The number of fused-ring (bicyclic) bond motifs is 1. The van der Waals surface area contributed by atoms with Gasteiger partial charge in [-0.3, -0.25) is 9.56 Å². The van der Waals surface area contributed by atoms with Gasteiger partial charge in [0.25, 0.3) is 0 Å². The Hall–Kier alpha value is -1.97. The Morgan fingerprint density at radius 1 is 1.33 bits per heavy atom. The van der Waals surface area contributed by atoms with E-state index in [9.17, 15) is 4.39 Å². The SMILES string of the molecule is C/C=C\n1c(=NC)c(C)nc2cc(C)c(F)cc21. The van der Waals surface area contributed by atoms with Crippen LogP contribution in [0.1, 0.15) is 18.2 Å². The second kappa shape index (κ2) is 4.72. The topological polar surface area (TPSA) is 30.2 Å². The Bertz CT molecular complexity index is 696. The first kappa shape index (κ1) is 12.5. The third-order valence-electron chi connectivity index (χ3n) is 2.87. The maximum Gasteiger partial charge on any atom is 0.153 e. The van der Waals surface area contributed by atoms with Crippen molar-refractivity contribution >= 4 is 17.2 Å². The summed E-state index contributed by atoms with van der Waals surface area (Å²) in [4.78, 5) is 8.69. The lowest BCUT2D eigenvalue weighted by molar-refractivity contribution is 0.619. The highest BCUT2D eigenvalue weighted by molar-refractivity contribution is 5.77. The number of aryl methyl sites for hydroxylation is 2. The van der Waals surface area contributed by atoms with Crippen molar-refractivity contribution in [2.45, 2.75) is 20.8 Å². The highest BCUT2D eigenvalue weighted by Gasteiger charge is 2.07. The van der Waals surface area contributed by atoms with Crippen molar-refractivity contribution in [3.63, 3.8) is 0 Å². The van der Waals surface area contributed by atoms with E-state index in [1.807, 2.05) is 30.7 Å². The van der Waals surface area contributed by atoms with E-state index in [0.717, 1.165) is 22.2 Å². The van der Waals surface area contributed by atoms with E-state index < -0.39 is 0 Å². The molecule has 0 amide bonds. The molecule has 18 heavy (non-hydrogen) atoms. The maximum absolute atomic E-state index is 13.7. The van der Waals surface area contributed by atoms with Gasteiger partial charge >= 0.3 is 0 Å². The minimum atomic E-state index is -0.228. The molecule has 0 spiro atoms. The highest BCUT2D eigenvalue weighted by atomic mass is 19.1. The zero-order chi connectivity index (χ0) is 13.3. The number of benzene rings is 1. The van der Waals surface area contributed by atoms with Gasteiger partial charge in [0, 0.05) is 19.3 Å². The van der Waals surface area contributed by atoms with Crippen molar-refractivity contribution in [2.24, 2.45) is 4.99 Å². The van der Waals surface area contributed by atoms with E-state index >= 15 is 0 Å².